The van der Waals surface area contributed by atoms with E-state index in [1.165, 1.54) is 11.8 Å². The fourth-order valence-electron chi connectivity index (χ4n) is 1.79. The maximum Gasteiger partial charge on any atom is 0.233 e. The first kappa shape index (κ1) is 14.1. The first-order valence-electron chi connectivity index (χ1n) is 6.54. The van der Waals surface area contributed by atoms with E-state index < -0.39 is 0 Å². The zero-order chi connectivity index (χ0) is 13.7. The van der Waals surface area contributed by atoms with E-state index in [1.54, 1.807) is 0 Å². The molecular formula is C14H19NO3S. The highest BCUT2D eigenvalue weighted by atomic mass is 32.2. The summed E-state index contributed by atoms with van der Waals surface area (Å²) in [5.74, 6) is 1.61. The van der Waals surface area contributed by atoms with Gasteiger partial charge in [0, 0.05) is 17.9 Å². The van der Waals surface area contributed by atoms with Crippen molar-refractivity contribution in [2.24, 2.45) is 0 Å². The molecule has 19 heavy (non-hydrogen) atoms. The third-order valence-electron chi connectivity index (χ3n) is 2.75. The summed E-state index contributed by atoms with van der Waals surface area (Å²) in [6.07, 6.45) is 0.895. The number of hydrogen-bond acceptors (Lipinski definition) is 4. The van der Waals surface area contributed by atoms with Crippen LogP contribution in [0.15, 0.2) is 23.1 Å². The third-order valence-corrected chi connectivity index (χ3v) is 3.85. The summed E-state index contributed by atoms with van der Waals surface area (Å²) >= 11 is 1.52. The second kappa shape index (κ2) is 6.70. The lowest BCUT2D eigenvalue weighted by molar-refractivity contribution is -0.120. The number of carbonyl (C=O) groups excluding carboxylic acids is 1. The van der Waals surface area contributed by atoms with Gasteiger partial charge >= 0.3 is 0 Å². The Kier molecular flexibility index (Phi) is 4.96. The van der Waals surface area contributed by atoms with E-state index in [0.29, 0.717) is 19.8 Å². The highest BCUT2D eigenvalue weighted by Gasteiger charge is 2.16. The van der Waals surface area contributed by atoms with Crippen LogP contribution in [-0.2, 0) is 4.79 Å². The minimum absolute atomic E-state index is 0.0552. The first-order chi connectivity index (χ1) is 9.20. The van der Waals surface area contributed by atoms with Gasteiger partial charge in [0.25, 0.3) is 0 Å². The van der Waals surface area contributed by atoms with Gasteiger partial charge in [0.15, 0.2) is 11.5 Å². The Bertz CT molecular complexity index is 450. The molecule has 0 unspecified atom stereocenters. The summed E-state index contributed by atoms with van der Waals surface area (Å²) in [5.41, 5.74) is 0. The molecule has 0 bridgehead atoms. The molecule has 4 nitrogen and oxygen atoms in total. The van der Waals surface area contributed by atoms with Gasteiger partial charge in [-0.3, -0.25) is 4.79 Å². The summed E-state index contributed by atoms with van der Waals surface area (Å²) in [7, 11) is 0. The van der Waals surface area contributed by atoms with Crippen molar-refractivity contribution in [1.29, 1.82) is 0 Å². The van der Waals surface area contributed by atoms with E-state index in [4.69, 9.17) is 9.47 Å². The third kappa shape index (κ3) is 3.80. The molecule has 1 aliphatic heterocycles. The number of nitrogens with one attached hydrogen (secondary N) is 1. The van der Waals surface area contributed by atoms with Crippen molar-refractivity contribution in [3.8, 4) is 11.5 Å². The molecule has 1 amide bonds. The number of carbonyl (C=O) groups is 1. The molecule has 1 aliphatic rings. The van der Waals surface area contributed by atoms with Crippen LogP contribution in [-0.4, -0.2) is 30.9 Å². The summed E-state index contributed by atoms with van der Waals surface area (Å²) in [6, 6.07) is 5.82. The van der Waals surface area contributed by atoms with Gasteiger partial charge in [-0.25, -0.2) is 0 Å². The maximum atomic E-state index is 11.7. The van der Waals surface area contributed by atoms with Crippen molar-refractivity contribution in [3.05, 3.63) is 18.2 Å². The minimum atomic E-state index is -0.121. The normalized spacial score (nSPS) is 15.5. The van der Waals surface area contributed by atoms with Crippen molar-refractivity contribution < 1.29 is 14.3 Å². The second-order valence-corrected chi connectivity index (χ2v) is 5.73. The lowest BCUT2D eigenvalue weighted by Crippen LogP contribution is -2.30. The Labute approximate surface area is 117 Å². The van der Waals surface area contributed by atoms with Crippen LogP contribution in [0.25, 0.3) is 0 Å². The van der Waals surface area contributed by atoms with Gasteiger partial charge in [0.1, 0.15) is 0 Å². The topological polar surface area (TPSA) is 47.6 Å². The van der Waals surface area contributed by atoms with Crippen LogP contribution in [0.4, 0.5) is 0 Å². The Hall–Kier alpha value is -1.36. The number of benzene rings is 1. The molecule has 104 valence electrons. The highest BCUT2D eigenvalue weighted by molar-refractivity contribution is 8.00. The van der Waals surface area contributed by atoms with Gasteiger partial charge in [0.05, 0.1) is 18.5 Å². The van der Waals surface area contributed by atoms with E-state index in [9.17, 15) is 4.79 Å². The summed E-state index contributed by atoms with van der Waals surface area (Å²) in [4.78, 5) is 12.7. The van der Waals surface area contributed by atoms with Crippen molar-refractivity contribution in [3.63, 3.8) is 0 Å². The van der Waals surface area contributed by atoms with E-state index in [0.717, 1.165) is 22.8 Å². The minimum Gasteiger partial charge on any atom is -0.490 e. The molecule has 0 aromatic heterocycles. The van der Waals surface area contributed by atoms with E-state index in [-0.39, 0.29) is 11.2 Å². The van der Waals surface area contributed by atoms with Crippen LogP contribution in [0.2, 0.25) is 0 Å². The van der Waals surface area contributed by atoms with Crippen molar-refractivity contribution in [1.82, 2.24) is 5.32 Å². The van der Waals surface area contributed by atoms with E-state index in [1.807, 2.05) is 32.0 Å². The van der Waals surface area contributed by atoms with Gasteiger partial charge < -0.3 is 14.8 Å². The highest BCUT2D eigenvalue weighted by Crippen LogP contribution is 2.35. The number of amides is 1. The Balaban J connectivity index is 2.05. The zero-order valence-corrected chi connectivity index (χ0v) is 12.1. The van der Waals surface area contributed by atoms with Crippen LogP contribution in [0.5, 0.6) is 11.5 Å². The number of thioether (sulfide) groups is 1. The number of fused-ring (bicyclic) bond motifs is 1. The van der Waals surface area contributed by atoms with Gasteiger partial charge in [-0.1, -0.05) is 0 Å². The molecule has 2 rings (SSSR count). The Morgan fingerprint density at radius 2 is 2.11 bits per heavy atom. The Morgan fingerprint density at radius 3 is 2.84 bits per heavy atom. The van der Waals surface area contributed by atoms with Crippen molar-refractivity contribution in [2.45, 2.75) is 30.4 Å². The maximum absolute atomic E-state index is 11.7. The number of ether oxygens (including phenoxy) is 2. The lowest BCUT2D eigenvalue weighted by Gasteiger charge is -2.13. The molecule has 1 aromatic rings. The van der Waals surface area contributed by atoms with Crippen molar-refractivity contribution >= 4 is 17.7 Å². The summed E-state index contributed by atoms with van der Waals surface area (Å²) in [6.45, 7) is 5.84. The fourth-order valence-corrected chi connectivity index (χ4v) is 2.71. The molecule has 0 radical (unpaired) electrons. The molecule has 5 heteroatoms. The van der Waals surface area contributed by atoms with Gasteiger partial charge in [0.2, 0.25) is 5.91 Å². The van der Waals surface area contributed by atoms with E-state index in [2.05, 4.69) is 5.32 Å². The molecule has 0 saturated carbocycles. The number of hydrogen-bond donors (Lipinski definition) is 1. The smallest absolute Gasteiger partial charge is 0.233 e. The average molecular weight is 281 g/mol. The monoisotopic (exact) mass is 281 g/mol. The van der Waals surface area contributed by atoms with Crippen LogP contribution in [0.1, 0.15) is 20.3 Å². The molecule has 0 aliphatic carbocycles. The molecular weight excluding hydrogens is 262 g/mol. The molecule has 1 atom stereocenters. The van der Waals surface area contributed by atoms with Crippen molar-refractivity contribution in [2.75, 3.05) is 19.8 Å². The average Bonchev–Trinajstić information content (AvgIpc) is 2.63. The van der Waals surface area contributed by atoms with Crippen LogP contribution in [0.3, 0.4) is 0 Å². The predicted molar refractivity (Wildman–Crippen MR) is 76.1 cm³/mol. The Morgan fingerprint density at radius 1 is 1.37 bits per heavy atom. The summed E-state index contributed by atoms with van der Waals surface area (Å²) in [5, 5.41) is 2.70. The van der Waals surface area contributed by atoms with Gasteiger partial charge in [-0.05, 0) is 32.0 Å². The zero-order valence-electron chi connectivity index (χ0n) is 11.3. The van der Waals surface area contributed by atoms with Crippen LogP contribution < -0.4 is 14.8 Å². The number of rotatable bonds is 4. The molecule has 0 saturated heterocycles. The molecule has 1 N–H and O–H groups in total. The second-order valence-electron chi connectivity index (χ2n) is 4.31. The SMILES string of the molecule is CCNC(=O)[C@@H](C)Sc1ccc2c(c1)OCCCO2. The van der Waals surface area contributed by atoms with Gasteiger partial charge in [-0.2, -0.15) is 0 Å². The summed E-state index contributed by atoms with van der Waals surface area (Å²) < 4.78 is 11.2. The molecule has 1 heterocycles. The van der Waals surface area contributed by atoms with Crippen LogP contribution in [0, 0.1) is 0 Å². The van der Waals surface area contributed by atoms with Crippen LogP contribution >= 0.6 is 11.8 Å². The predicted octanol–water partition coefficient (Wildman–Crippen LogP) is 2.46. The standard InChI is InChI=1S/C14H19NO3S/c1-3-15-14(16)10(2)19-11-5-6-12-13(9-11)18-8-4-7-17-12/h5-6,9-10H,3-4,7-8H2,1-2H3,(H,15,16)/t10-/m1/s1. The lowest BCUT2D eigenvalue weighted by atomic mass is 10.3. The largest absolute Gasteiger partial charge is 0.490 e. The molecule has 1 aromatic carbocycles. The molecule has 0 fully saturated rings. The fraction of sp³-hybridized carbons (Fsp3) is 0.500. The quantitative estimate of drug-likeness (QED) is 0.861. The van der Waals surface area contributed by atoms with Gasteiger partial charge in [-0.15, -0.1) is 11.8 Å². The molecule has 0 spiro atoms. The van der Waals surface area contributed by atoms with E-state index >= 15 is 0 Å². The first-order valence-corrected chi connectivity index (χ1v) is 7.42.